The molecule has 0 fully saturated rings. The van der Waals surface area contributed by atoms with Gasteiger partial charge in [0.05, 0.1) is 6.10 Å². The summed E-state index contributed by atoms with van der Waals surface area (Å²) in [6, 6.07) is 5.71. The molecule has 1 aliphatic carbocycles. The average molecular weight is 249 g/mol. The van der Waals surface area contributed by atoms with Gasteiger partial charge < -0.3 is 15.2 Å². The van der Waals surface area contributed by atoms with Gasteiger partial charge in [-0.15, -0.1) is 0 Å². The largest absolute Gasteiger partial charge is 0.484 e. The molecule has 1 aromatic carbocycles. The van der Waals surface area contributed by atoms with Crippen LogP contribution in [-0.2, 0) is 11.2 Å². The first-order valence-electron chi connectivity index (χ1n) is 6.29. The molecule has 0 bridgehead atoms. The van der Waals surface area contributed by atoms with E-state index in [-0.39, 0.29) is 24.7 Å². The fourth-order valence-corrected chi connectivity index (χ4v) is 2.17. The summed E-state index contributed by atoms with van der Waals surface area (Å²) < 4.78 is 5.44. The topological polar surface area (TPSA) is 58.6 Å². The first-order valence-corrected chi connectivity index (χ1v) is 6.29. The average Bonchev–Trinajstić information content (AvgIpc) is 2.67. The Morgan fingerprint density at radius 3 is 3.06 bits per heavy atom. The van der Waals surface area contributed by atoms with Crippen molar-refractivity contribution < 1.29 is 14.6 Å². The van der Waals surface area contributed by atoms with E-state index >= 15 is 0 Å². The highest BCUT2D eigenvalue weighted by Crippen LogP contribution is 2.33. The van der Waals surface area contributed by atoms with Crippen LogP contribution in [0, 0.1) is 0 Å². The minimum absolute atomic E-state index is 0.0273. The molecule has 0 saturated carbocycles. The number of aliphatic hydroxyl groups excluding tert-OH is 1. The van der Waals surface area contributed by atoms with Gasteiger partial charge in [-0.1, -0.05) is 6.07 Å². The van der Waals surface area contributed by atoms with E-state index in [1.165, 1.54) is 0 Å². The molecule has 1 atom stereocenters. The van der Waals surface area contributed by atoms with Crippen LogP contribution in [0.1, 0.15) is 37.5 Å². The Balaban J connectivity index is 1.93. The summed E-state index contributed by atoms with van der Waals surface area (Å²) in [5.74, 6) is 0.562. The number of hydrogen-bond donors (Lipinski definition) is 2. The SMILES string of the molecule is CC(C)NC(=O)COc1ccc2c(c1)CC[C@H]2O. The van der Waals surface area contributed by atoms with Crippen LogP contribution in [0.3, 0.4) is 0 Å². The van der Waals surface area contributed by atoms with Crippen molar-refractivity contribution in [3.8, 4) is 5.75 Å². The second-order valence-electron chi connectivity index (χ2n) is 4.93. The molecule has 0 saturated heterocycles. The molecule has 1 aromatic rings. The van der Waals surface area contributed by atoms with Crippen molar-refractivity contribution in [1.29, 1.82) is 0 Å². The van der Waals surface area contributed by atoms with E-state index in [0.717, 1.165) is 24.0 Å². The maximum atomic E-state index is 11.4. The quantitative estimate of drug-likeness (QED) is 0.851. The smallest absolute Gasteiger partial charge is 0.258 e. The zero-order valence-corrected chi connectivity index (χ0v) is 10.8. The molecule has 1 amide bonds. The molecule has 0 radical (unpaired) electrons. The van der Waals surface area contributed by atoms with Crippen molar-refractivity contribution in [2.75, 3.05) is 6.61 Å². The zero-order chi connectivity index (χ0) is 13.1. The van der Waals surface area contributed by atoms with Crippen LogP contribution in [-0.4, -0.2) is 23.7 Å². The van der Waals surface area contributed by atoms with Crippen molar-refractivity contribution in [1.82, 2.24) is 5.32 Å². The summed E-state index contributed by atoms with van der Waals surface area (Å²) in [5, 5.41) is 12.5. The number of nitrogens with one attached hydrogen (secondary N) is 1. The van der Waals surface area contributed by atoms with Crippen LogP contribution >= 0.6 is 0 Å². The maximum Gasteiger partial charge on any atom is 0.258 e. The van der Waals surface area contributed by atoms with Crippen LogP contribution in [0.15, 0.2) is 18.2 Å². The Kier molecular flexibility index (Phi) is 3.87. The predicted molar refractivity (Wildman–Crippen MR) is 68.5 cm³/mol. The summed E-state index contributed by atoms with van der Waals surface area (Å²) in [7, 11) is 0. The van der Waals surface area contributed by atoms with Crippen LogP contribution in [0.25, 0.3) is 0 Å². The lowest BCUT2D eigenvalue weighted by atomic mass is 10.1. The Bertz CT molecular complexity index is 443. The lowest BCUT2D eigenvalue weighted by Crippen LogP contribution is -2.34. The van der Waals surface area contributed by atoms with Gasteiger partial charge in [-0.2, -0.15) is 0 Å². The fourth-order valence-electron chi connectivity index (χ4n) is 2.17. The van der Waals surface area contributed by atoms with Crippen LogP contribution in [0.5, 0.6) is 5.75 Å². The molecule has 2 rings (SSSR count). The molecule has 4 heteroatoms. The highest BCUT2D eigenvalue weighted by atomic mass is 16.5. The summed E-state index contributed by atoms with van der Waals surface area (Å²) in [5.41, 5.74) is 2.10. The second-order valence-corrected chi connectivity index (χ2v) is 4.93. The van der Waals surface area contributed by atoms with Crippen molar-refractivity contribution in [2.45, 2.75) is 38.8 Å². The van der Waals surface area contributed by atoms with E-state index in [0.29, 0.717) is 5.75 Å². The first kappa shape index (κ1) is 12.9. The molecule has 1 aliphatic rings. The van der Waals surface area contributed by atoms with Gasteiger partial charge in [0.15, 0.2) is 6.61 Å². The van der Waals surface area contributed by atoms with Gasteiger partial charge in [-0.3, -0.25) is 4.79 Å². The fraction of sp³-hybridized carbons (Fsp3) is 0.500. The summed E-state index contributed by atoms with van der Waals surface area (Å²) in [4.78, 5) is 11.4. The number of fused-ring (bicyclic) bond motifs is 1. The number of aliphatic hydroxyl groups is 1. The van der Waals surface area contributed by atoms with E-state index in [9.17, 15) is 9.90 Å². The van der Waals surface area contributed by atoms with Crippen LogP contribution in [0.2, 0.25) is 0 Å². The van der Waals surface area contributed by atoms with Gasteiger partial charge >= 0.3 is 0 Å². The molecule has 18 heavy (non-hydrogen) atoms. The lowest BCUT2D eigenvalue weighted by Gasteiger charge is -2.11. The van der Waals surface area contributed by atoms with Gasteiger partial charge in [-0.25, -0.2) is 0 Å². The van der Waals surface area contributed by atoms with E-state index < -0.39 is 0 Å². The van der Waals surface area contributed by atoms with E-state index in [2.05, 4.69) is 5.32 Å². The third kappa shape index (κ3) is 3.01. The maximum absolute atomic E-state index is 11.4. The summed E-state index contributed by atoms with van der Waals surface area (Å²) >= 11 is 0. The molecule has 2 N–H and O–H groups in total. The Hall–Kier alpha value is -1.55. The van der Waals surface area contributed by atoms with Crippen molar-refractivity contribution in [3.05, 3.63) is 29.3 Å². The first-order chi connectivity index (χ1) is 8.56. The third-order valence-corrected chi connectivity index (χ3v) is 2.98. The van der Waals surface area contributed by atoms with E-state index in [1.807, 2.05) is 26.0 Å². The second kappa shape index (κ2) is 5.40. The number of aryl methyl sites for hydroxylation is 1. The number of hydrogen-bond acceptors (Lipinski definition) is 3. The van der Waals surface area contributed by atoms with Gasteiger partial charge in [0.2, 0.25) is 0 Å². The summed E-state index contributed by atoms with van der Waals surface area (Å²) in [6.07, 6.45) is 1.29. The number of benzene rings is 1. The van der Waals surface area contributed by atoms with E-state index in [4.69, 9.17) is 4.74 Å². The summed E-state index contributed by atoms with van der Waals surface area (Å²) in [6.45, 7) is 3.85. The Morgan fingerprint density at radius 1 is 1.56 bits per heavy atom. The van der Waals surface area contributed by atoms with E-state index in [1.54, 1.807) is 6.07 Å². The van der Waals surface area contributed by atoms with Crippen LogP contribution < -0.4 is 10.1 Å². The number of amides is 1. The Labute approximate surface area is 107 Å². The predicted octanol–water partition coefficient (Wildman–Crippen LogP) is 1.57. The molecule has 0 unspecified atom stereocenters. The van der Waals surface area contributed by atoms with Gasteiger partial charge in [-0.05, 0) is 49.9 Å². The van der Waals surface area contributed by atoms with Gasteiger partial charge in [0.1, 0.15) is 5.75 Å². The highest BCUT2D eigenvalue weighted by molar-refractivity contribution is 5.77. The molecule has 0 heterocycles. The van der Waals surface area contributed by atoms with Crippen molar-refractivity contribution >= 4 is 5.91 Å². The number of ether oxygens (including phenoxy) is 1. The third-order valence-electron chi connectivity index (χ3n) is 2.98. The Morgan fingerprint density at radius 2 is 2.33 bits per heavy atom. The highest BCUT2D eigenvalue weighted by Gasteiger charge is 2.20. The van der Waals surface area contributed by atoms with Crippen LogP contribution in [0.4, 0.5) is 0 Å². The number of rotatable bonds is 4. The lowest BCUT2D eigenvalue weighted by molar-refractivity contribution is -0.123. The normalized spacial score (nSPS) is 17.7. The molecule has 0 aromatic heterocycles. The van der Waals surface area contributed by atoms with Gasteiger partial charge in [0.25, 0.3) is 5.91 Å². The minimum Gasteiger partial charge on any atom is -0.484 e. The standard InChI is InChI=1S/C14H19NO3/c1-9(2)15-14(17)8-18-11-4-5-12-10(7-11)3-6-13(12)16/h4-5,7,9,13,16H,3,6,8H2,1-2H3,(H,15,17)/t13-/m1/s1. The number of carbonyl (C=O) groups excluding carboxylic acids is 1. The molecule has 0 spiro atoms. The van der Waals surface area contributed by atoms with Crippen molar-refractivity contribution in [2.24, 2.45) is 0 Å². The zero-order valence-electron chi connectivity index (χ0n) is 10.8. The monoisotopic (exact) mass is 249 g/mol. The number of carbonyl (C=O) groups is 1. The molecular weight excluding hydrogens is 230 g/mol. The molecular formula is C14H19NO3. The minimum atomic E-state index is -0.349. The molecule has 98 valence electrons. The molecule has 0 aliphatic heterocycles. The van der Waals surface area contributed by atoms with Gasteiger partial charge in [0, 0.05) is 6.04 Å². The van der Waals surface area contributed by atoms with Crippen molar-refractivity contribution in [3.63, 3.8) is 0 Å². The molecule has 4 nitrogen and oxygen atoms in total.